The quantitative estimate of drug-likeness (QED) is 0.765. The molecule has 1 N–H and O–H groups in total. The second-order valence-electron chi connectivity index (χ2n) is 6.84. The van der Waals surface area contributed by atoms with Gasteiger partial charge in [0.1, 0.15) is 5.75 Å². The zero-order chi connectivity index (χ0) is 21.1. The van der Waals surface area contributed by atoms with Gasteiger partial charge in [0, 0.05) is 12.6 Å². The summed E-state index contributed by atoms with van der Waals surface area (Å²) in [5, 5.41) is 3.06. The summed E-state index contributed by atoms with van der Waals surface area (Å²) in [6, 6.07) is 10.8. The molecule has 0 fully saturated rings. The number of hydrogen-bond donors (Lipinski definition) is 1. The van der Waals surface area contributed by atoms with Gasteiger partial charge in [0.05, 0.1) is 25.1 Å². The van der Waals surface area contributed by atoms with Crippen LogP contribution in [0.1, 0.15) is 46.4 Å². The van der Waals surface area contributed by atoms with Crippen LogP contribution in [-0.2, 0) is 10.0 Å². The van der Waals surface area contributed by atoms with E-state index in [1.807, 2.05) is 32.0 Å². The Morgan fingerprint density at radius 3 is 2.43 bits per heavy atom. The molecule has 0 aliphatic heterocycles. The number of sulfonamides is 1. The summed E-state index contributed by atoms with van der Waals surface area (Å²) >= 11 is 0. The van der Waals surface area contributed by atoms with Crippen molar-refractivity contribution < 1.29 is 17.9 Å². The van der Waals surface area contributed by atoms with E-state index in [9.17, 15) is 13.2 Å². The molecule has 0 aliphatic carbocycles. The fourth-order valence-corrected chi connectivity index (χ4v) is 3.72. The van der Waals surface area contributed by atoms with E-state index in [0.717, 1.165) is 29.6 Å². The lowest BCUT2D eigenvalue weighted by Gasteiger charge is -2.22. The Labute approximate surface area is 167 Å². The molecule has 0 saturated heterocycles. The highest BCUT2D eigenvalue weighted by atomic mass is 32.2. The number of nitrogens with zero attached hydrogens (tertiary/aromatic N) is 1. The molecule has 0 heterocycles. The Bertz CT molecular complexity index is 970. The van der Waals surface area contributed by atoms with Crippen molar-refractivity contribution >= 4 is 21.6 Å². The molecule has 28 heavy (non-hydrogen) atoms. The number of methoxy groups -OCH3 is 1. The molecule has 1 amide bonds. The standard InChI is InChI=1S/C21H28N2O4S/c1-7-18(16-11-12-20(27-5)14(2)13-16)22-21(24)17-9-8-10-19(15(17)3)23(4)28(6,25)26/h8-13,18H,7H2,1-6H3,(H,22,24). The van der Waals surface area contributed by atoms with E-state index in [1.54, 1.807) is 32.2 Å². The minimum atomic E-state index is -3.41. The number of ether oxygens (including phenoxy) is 1. The maximum absolute atomic E-state index is 12.9. The minimum absolute atomic E-state index is 0.159. The van der Waals surface area contributed by atoms with Crippen LogP contribution in [0.2, 0.25) is 0 Å². The van der Waals surface area contributed by atoms with Gasteiger partial charge >= 0.3 is 0 Å². The molecule has 0 saturated carbocycles. The highest BCUT2D eigenvalue weighted by Crippen LogP contribution is 2.27. The minimum Gasteiger partial charge on any atom is -0.496 e. The number of anilines is 1. The first-order valence-corrected chi connectivity index (χ1v) is 10.9. The molecular weight excluding hydrogens is 376 g/mol. The first-order valence-electron chi connectivity index (χ1n) is 9.09. The molecule has 1 unspecified atom stereocenters. The zero-order valence-corrected chi connectivity index (χ0v) is 18.1. The Balaban J connectivity index is 2.32. The average Bonchev–Trinajstić information content (AvgIpc) is 2.64. The van der Waals surface area contributed by atoms with Crippen LogP contribution in [-0.4, -0.2) is 34.7 Å². The maximum atomic E-state index is 12.9. The number of aryl methyl sites for hydroxylation is 1. The van der Waals surface area contributed by atoms with E-state index in [-0.39, 0.29) is 11.9 Å². The van der Waals surface area contributed by atoms with Gasteiger partial charge in [-0.2, -0.15) is 0 Å². The van der Waals surface area contributed by atoms with E-state index in [2.05, 4.69) is 5.32 Å². The van der Waals surface area contributed by atoms with Crippen molar-refractivity contribution in [1.29, 1.82) is 0 Å². The van der Waals surface area contributed by atoms with Crippen molar-refractivity contribution in [2.45, 2.75) is 33.2 Å². The zero-order valence-electron chi connectivity index (χ0n) is 17.2. The molecule has 0 bridgehead atoms. The second-order valence-corrected chi connectivity index (χ2v) is 8.86. The first kappa shape index (κ1) is 21.8. The van der Waals surface area contributed by atoms with E-state index >= 15 is 0 Å². The number of benzene rings is 2. The third kappa shape index (κ3) is 4.65. The summed E-state index contributed by atoms with van der Waals surface area (Å²) in [5.41, 5.74) is 3.56. The van der Waals surface area contributed by atoms with E-state index in [4.69, 9.17) is 4.74 Å². The molecule has 0 radical (unpaired) electrons. The lowest BCUT2D eigenvalue weighted by molar-refractivity contribution is 0.0935. The fraction of sp³-hybridized carbons (Fsp3) is 0.381. The molecule has 0 aromatic heterocycles. The van der Waals surface area contributed by atoms with Gasteiger partial charge in [0.2, 0.25) is 10.0 Å². The van der Waals surface area contributed by atoms with Crippen LogP contribution < -0.4 is 14.4 Å². The molecule has 2 rings (SSSR count). The van der Waals surface area contributed by atoms with Crippen LogP contribution in [0.25, 0.3) is 0 Å². The maximum Gasteiger partial charge on any atom is 0.252 e. The van der Waals surface area contributed by atoms with Gasteiger partial charge in [-0.15, -0.1) is 0 Å². The number of rotatable bonds is 7. The summed E-state index contributed by atoms with van der Waals surface area (Å²) in [6.07, 6.45) is 1.86. The number of hydrogen-bond acceptors (Lipinski definition) is 4. The third-order valence-electron chi connectivity index (χ3n) is 4.92. The number of nitrogens with one attached hydrogen (secondary N) is 1. The number of carbonyl (C=O) groups is 1. The van der Waals surface area contributed by atoms with E-state index < -0.39 is 10.0 Å². The highest BCUT2D eigenvalue weighted by molar-refractivity contribution is 7.92. The summed E-state index contributed by atoms with van der Waals surface area (Å²) in [7, 11) is -0.303. The Hall–Kier alpha value is -2.54. The Kier molecular flexibility index (Phi) is 6.72. The van der Waals surface area contributed by atoms with Crippen LogP contribution in [0.4, 0.5) is 5.69 Å². The Morgan fingerprint density at radius 2 is 1.89 bits per heavy atom. The summed E-state index contributed by atoms with van der Waals surface area (Å²) in [4.78, 5) is 12.9. The van der Waals surface area contributed by atoms with E-state index in [1.165, 1.54) is 11.4 Å². The molecule has 7 heteroatoms. The summed E-state index contributed by atoms with van der Waals surface area (Å²) in [6.45, 7) is 5.72. The van der Waals surface area contributed by atoms with Crippen LogP contribution in [0.15, 0.2) is 36.4 Å². The predicted molar refractivity (Wildman–Crippen MR) is 113 cm³/mol. The number of amides is 1. The molecule has 0 aliphatic rings. The average molecular weight is 405 g/mol. The van der Waals surface area contributed by atoms with Crippen molar-refractivity contribution in [2.75, 3.05) is 24.7 Å². The molecule has 2 aromatic carbocycles. The van der Waals surface area contributed by atoms with Crippen LogP contribution in [0, 0.1) is 13.8 Å². The Morgan fingerprint density at radius 1 is 1.21 bits per heavy atom. The number of carbonyl (C=O) groups excluding carboxylic acids is 1. The normalized spacial score (nSPS) is 12.4. The molecular formula is C21H28N2O4S. The van der Waals surface area contributed by atoms with Crippen LogP contribution >= 0.6 is 0 Å². The van der Waals surface area contributed by atoms with Crippen LogP contribution in [0.5, 0.6) is 5.75 Å². The van der Waals surface area contributed by atoms with Crippen molar-refractivity contribution in [1.82, 2.24) is 5.32 Å². The van der Waals surface area contributed by atoms with Crippen molar-refractivity contribution in [3.8, 4) is 5.75 Å². The SMILES string of the molecule is CCC(NC(=O)c1cccc(N(C)S(C)(=O)=O)c1C)c1ccc(OC)c(C)c1. The van der Waals surface area contributed by atoms with Gasteiger partial charge in [-0.05, 0) is 55.2 Å². The van der Waals surface area contributed by atoms with Crippen molar-refractivity contribution in [3.05, 3.63) is 58.7 Å². The largest absolute Gasteiger partial charge is 0.496 e. The van der Waals surface area contributed by atoms with Gasteiger partial charge in [0.15, 0.2) is 0 Å². The summed E-state index contributed by atoms with van der Waals surface area (Å²) < 4.78 is 30.2. The predicted octanol–water partition coefficient (Wildman–Crippen LogP) is 3.59. The topological polar surface area (TPSA) is 75.7 Å². The molecule has 1 atom stereocenters. The smallest absolute Gasteiger partial charge is 0.252 e. The fourth-order valence-electron chi connectivity index (χ4n) is 3.16. The lowest BCUT2D eigenvalue weighted by Crippen LogP contribution is -2.30. The van der Waals surface area contributed by atoms with Gasteiger partial charge in [-0.1, -0.05) is 25.1 Å². The summed E-state index contributed by atoms with van der Waals surface area (Å²) in [5.74, 6) is 0.568. The molecule has 6 nitrogen and oxygen atoms in total. The second kappa shape index (κ2) is 8.65. The lowest BCUT2D eigenvalue weighted by atomic mass is 10.00. The van der Waals surface area contributed by atoms with Crippen molar-refractivity contribution in [3.63, 3.8) is 0 Å². The van der Waals surface area contributed by atoms with E-state index in [0.29, 0.717) is 16.8 Å². The monoisotopic (exact) mass is 404 g/mol. The van der Waals surface area contributed by atoms with Gasteiger partial charge < -0.3 is 10.1 Å². The first-order chi connectivity index (χ1) is 13.1. The molecule has 2 aromatic rings. The molecule has 152 valence electrons. The van der Waals surface area contributed by atoms with Crippen LogP contribution in [0.3, 0.4) is 0 Å². The van der Waals surface area contributed by atoms with Crippen molar-refractivity contribution in [2.24, 2.45) is 0 Å². The van der Waals surface area contributed by atoms with Gasteiger partial charge in [-0.3, -0.25) is 9.10 Å². The third-order valence-corrected chi connectivity index (χ3v) is 6.11. The van der Waals surface area contributed by atoms with Gasteiger partial charge in [-0.25, -0.2) is 8.42 Å². The van der Waals surface area contributed by atoms with Gasteiger partial charge in [0.25, 0.3) is 5.91 Å². The molecule has 0 spiro atoms. The highest BCUT2D eigenvalue weighted by Gasteiger charge is 2.20.